The molecule has 2 heterocycles. The number of aromatic hydroxyl groups is 1. The molecule has 1 aliphatic rings. The minimum Gasteiger partial charge on any atom is -0.507 e. The predicted octanol–water partition coefficient (Wildman–Crippen LogP) is 3.50. The fourth-order valence-corrected chi connectivity index (χ4v) is 3.44. The van der Waals surface area contributed by atoms with E-state index in [0.717, 1.165) is 10.2 Å². The number of carbonyl (C=O) groups excluding carboxylic acids is 1. The van der Waals surface area contributed by atoms with E-state index in [0.29, 0.717) is 29.5 Å². The lowest BCUT2D eigenvalue weighted by Crippen LogP contribution is -2.21. The average molecular weight is 354 g/mol. The van der Waals surface area contributed by atoms with Crippen molar-refractivity contribution >= 4 is 33.1 Å². The van der Waals surface area contributed by atoms with Crippen molar-refractivity contribution in [2.75, 3.05) is 18.5 Å². The third kappa shape index (κ3) is 3.14. The molecule has 7 heteroatoms. The molecule has 6 nitrogen and oxygen atoms in total. The van der Waals surface area contributed by atoms with Gasteiger partial charge in [0.1, 0.15) is 30.2 Å². The average Bonchev–Trinajstić information content (AvgIpc) is 3.08. The van der Waals surface area contributed by atoms with Crippen LogP contribution in [-0.4, -0.2) is 29.2 Å². The van der Waals surface area contributed by atoms with Gasteiger partial charge >= 0.3 is 0 Å². The largest absolute Gasteiger partial charge is 0.507 e. The summed E-state index contributed by atoms with van der Waals surface area (Å²) in [6.07, 6.45) is 1.30. The summed E-state index contributed by atoms with van der Waals surface area (Å²) in [6, 6.07) is 12.6. The van der Waals surface area contributed by atoms with Gasteiger partial charge in [0.15, 0.2) is 0 Å². The molecule has 25 heavy (non-hydrogen) atoms. The number of hydrogen-bond donors (Lipinski definition) is 2. The first kappa shape index (κ1) is 15.5. The molecule has 2 aromatic carbocycles. The SMILES string of the molecule is O=C(Nc1ccc(O)c(-c2nc3ccccc3s2)c1)C1=COCCO1. The van der Waals surface area contributed by atoms with Crippen LogP contribution in [-0.2, 0) is 14.3 Å². The maximum atomic E-state index is 12.2. The van der Waals surface area contributed by atoms with Crippen LogP contribution in [0.4, 0.5) is 5.69 Å². The van der Waals surface area contributed by atoms with E-state index in [2.05, 4.69) is 10.3 Å². The minimum atomic E-state index is -0.402. The molecule has 4 rings (SSSR count). The Balaban J connectivity index is 1.64. The fraction of sp³-hybridized carbons (Fsp3) is 0.111. The zero-order valence-corrected chi connectivity index (χ0v) is 13.9. The second-order valence-electron chi connectivity index (χ2n) is 5.37. The van der Waals surface area contributed by atoms with E-state index in [4.69, 9.17) is 9.47 Å². The molecule has 126 valence electrons. The molecule has 0 atom stereocenters. The summed E-state index contributed by atoms with van der Waals surface area (Å²) < 4.78 is 11.4. The van der Waals surface area contributed by atoms with Crippen LogP contribution in [0.1, 0.15) is 0 Å². The van der Waals surface area contributed by atoms with Gasteiger partial charge in [-0.2, -0.15) is 0 Å². The molecule has 0 radical (unpaired) electrons. The molecule has 0 fully saturated rings. The van der Waals surface area contributed by atoms with Crippen LogP contribution in [0.5, 0.6) is 5.75 Å². The summed E-state index contributed by atoms with van der Waals surface area (Å²) in [7, 11) is 0. The van der Waals surface area contributed by atoms with Crippen molar-refractivity contribution in [2.24, 2.45) is 0 Å². The number of thiazole rings is 1. The fourth-order valence-electron chi connectivity index (χ4n) is 2.45. The number of phenols is 1. The summed E-state index contributed by atoms with van der Waals surface area (Å²) in [6.45, 7) is 0.767. The third-order valence-corrected chi connectivity index (χ3v) is 4.72. The lowest BCUT2D eigenvalue weighted by molar-refractivity contribution is -0.117. The highest BCUT2D eigenvalue weighted by atomic mass is 32.1. The summed E-state index contributed by atoms with van der Waals surface area (Å²) in [5, 5.41) is 13.6. The van der Waals surface area contributed by atoms with Crippen LogP contribution in [0.25, 0.3) is 20.8 Å². The number of amides is 1. The number of anilines is 1. The van der Waals surface area contributed by atoms with E-state index in [-0.39, 0.29) is 11.5 Å². The summed E-state index contributed by atoms with van der Waals surface area (Å²) in [4.78, 5) is 16.7. The molecule has 1 aliphatic heterocycles. The first-order valence-electron chi connectivity index (χ1n) is 7.65. The van der Waals surface area contributed by atoms with Gasteiger partial charge in [-0.25, -0.2) is 4.98 Å². The van der Waals surface area contributed by atoms with E-state index >= 15 is 0 Å². The first-order valence-corrected chi connectivity index (χ1v) is 8.47. The third-order valence-electron chi connectivity index (χ3n) is 3.65. The van der Waals surface area contributed by atoms with Crippen molar-refractivity contribution in [1.29, 1.82) is 0 Å². The lowest BCUT2D eigenvalue weighted by Gasteiger charge is -2.15. The van der Waals surface area contributed by atoms with Crippen molar-refractivity contribution in [1.82, 2.24) is 4.98 Å². The van der Waals surface area contributed by atoms with Crippen molar-refractivity contribution in [2.45, 2.75) is 0 Å². The Morgan fingerprint density at radius 2 is 2.08 bits per heavy atom. The van der Waals surface area contributed by atoms with Crippen LogP contribution in [0.3, 0.4) is 0 Å². The molecular weight excluding hydrogens is 340 g/mol. The molecule has 1 aromatic heterocycles. The van der Waals surface area contributed by atoms with Gasteiger partial charge in [0.05, 0.1) is 15.8 Å². The number of aromatic nitrogens is 1. The van der Waals surface area contributed by atoms with Crippen LogP contribution in [0.15, 0.2) is 54.5 Å². The number of rotatable bonds is 3. The van der Waals surface area contributed by atoms with Gasteiger partial charge in [-0.1, -0.05) is 12.1 Å². The van der Waals surface area contributed by atoms with Gasteiger partial charge in [-0.15, -0.1) is 11.3 Å². The van der Waals surface area contributed by atoms with E-state index < -0.39 is 5.91 Å². The van der Waals surface area contributed by atoms with Crippen LogP contribution in [0, 0.1) is 0 Å². The van der Waals surface area contributed by atoms with Crippen LogP contribution >= 0.6 is 11.3 Å². The molecule has 0 bridgehead atoms. The number of fused-ring (bicyclic) bond motifs is 1. The predicted molar refractivity (Wildman–Crippen MR) is 95.3 cm³/mol. The van der Waals surface area contributed by atoms with Gasteiger partial charge < -0.3 is 19.9 Å². The van der Waals surface area contributed by atoms with E-state index in [1.165, 1.54) is 23.7 Å². The van der Waals surface area contributed by atoms with Gasteiger partial charge in [0, 0.05) is 5.69 Å². The van der Waals surface area contributed by atoms with Crippen LogP contribution in [0.2, 0.25) is 0 Å². The molecule has 0 saturated carbocycles. The van der Waals surface area contributed by atoms with Gasteiger partial charge in [-0.3, -0.25) is 4.79 Å². The molecule has 3 aromatic rings. The number of ether oxygens (including phenoxy) is 2. The molecular formula is C18H14N2O4S. The number of hydrogen-bond acceptors (Lipinski definition) is 6. The molecule has 0 saturated heterocycles. The summed E-state index contributed by atoms with van der Waals surface area (Å²) >= 11 is 1.48. The van der Waals surface area contributed by atoms with E-state index in [9.17, 15) is 9.90 Å². The van der Waals surface area contributed by atoms with Crippen molar-refractivity contribution in [3.63, 3.8) is 0 Å². The van der Waals surface area contributed by atoms with E-state index in [1.54, 1.807) is 12.1 Å². The smallest absolute Gasteiger partial charge is 0.294 e. The highest BCUT2D eigenvalue weighted by Crippen LogP contribution is 2.36. The van der Waals surface area contributed by atoms with Gasteiger partial charge in [0.2, 0.25) is 5.76 Å². The Morgan fingerprint density at radius 3 is 2.88 bits per heavy atom. The van der Waals surface area contributed by atoms with E-state index in [1.807, 2.05) is 24.3 Å². The highest BCUT2D eigenvalue weighted by Gasteiger charge is 2.17. The zero-order chi connectivity index (χ0) is 17.2. The summed E-state index contributed by atoms with van der Waals surface area (Å²) in [5.74, 6) is -0.171. The van der Waals surface area contributed by atoms with Gasteiger partial charge in [-0.05, 0) is 30.3 Å². The minimum absolute atomic E-state index is 0.105. The number of phenolic OH excluding ortho intramolecular Hbond substituents is 1. The zero-order valence-electron chi connectivity index (χ0n) is 13.1. The molecule has 0 spiro atoms. The Hall–Kier alpha value is -3.06. The maximum Gasteiger partial charge on any atom is 0.294 e. The quantitative estimate of drug-likeness (QED) is 0.704. The molecule has 1 amide bonds. The second kappa shape index (κ2) is 6.45. The number of nitrogens with one attached hydrogen (secondary N) is 1. The Bertz CT molecular complexity index is 947. The lowest BCUT2D eigenvalue weighted by atomic mass is 10.2. The molecule has 0 aliphatic carbocycles. The second-order valence-corrected chi connectivity index (χ2v) is 6.40. The first-order chi connectivity index (χ1) is 12.2. The number of benzene rings is 2. The monoisotopic (exact) mass is 354 g/mol. The van der Waals surface area contributed by atoms with Crippen LogP contribution < -0.4 is 5.32 Å². The highest BCUT2D eigenvalue weighted by molar-refractivity contribution is 7.21. The normalized spacial score (nSPS) is 13.7. The number of nitrogens with zero attached hydrogens (tertiary/aromatic N) is 1. The Kier molecular flexibility index (Phi) is 3.99. The van der Waals surface area contributed by atoms with Gasteiger partial charge in [0.25, 0.3) is 5.91 Å². The molecule has 0 unspecified atom stereocenters. The number of carbonyl (C=O) groups is 1. The maximum absolute atomic E-state index is 12.2. The Labute approximate surface area is 147 Å². The van der Waals surface area contributed by atoms with Crippen molar-refractivity contribution < 1.29 is 19.4 Å². The standard InChI is InChI=1S/C18H14N2O4S/c21-14-6-5-11(19-17(22)15-10-23-7-8-24-15)9-12(14)18-20-13-3-1-2-4-16(13)25-18/h1-6,9-10,21H,7-8H2,(H,19,22). The topological polar surface area (TPSA) is 80.7 Å². The van der Waals surface area contributed by atoms with Crippen molar-refractivity contribution in [3.05, 3.63) is 54.5 Å². The molecule has 2 N–H and O–H groups in total. The van der Waals surface area contributed by atoms with Crippen molar-refractivity contribution in [3.8, 4) is 16.3 Å². The summed E-state index contributed by atoms with van der Waals surface area (Å²) in [5.41, 5.74) is 1.97. The number of para-hydroxylation sites is 1. The Morgan fingerprint density at radius 1 is 1.20 bits per heavy atom.